The van der Waals surface area contributed by atoms with Crippen molar-refractivity contribution in [3.63, 3.8) is 0 Å². The van der Waals surface area contributed by atoms with Crippen LogP contribution >= 0.6 is 0 Å². The Balaban J connectivity index is 1.97. The van der Waals surface area contributed by atoms with Gasteiger partial charge in [0.1, 0.15) is 12.8 Å². The Labute approximate surface area is 123 Å². The van der Waals surface area contributed by atoms with Crippen molar-refractivity contribution in [3.8, 4) is 5.88 Å². The fourth-order valence-electron chi connectivity index (χ4n) is 2.19. The summed E-state index contributed by atoms with van der Waals surface area (Å²) in [6.07, 6.45) is 4.53. The fourth-order valence-corrected chi connectivity index (χ4v) is 2.19. The molecule has 0 amide bonds. The van der Waals surface area contributed by atoms with Crippen LogP contribution in [0.3, 0.4) is 0 Å². The molecule has 0 bridgehead atoms. The lowest BCUT2D eigenvalue weighted by molar-refractivity contribution is -0.386. The molecule has 1 saturated heterocycles. The molecule has 116 valence electrons. The summed E-state index contributed by atoms with van der Waals surface area (Å²) in [6, 6.07) is 0. The molecule has 1 aromatic rings. The van der Waals surface area contributed by atoms with Crippen molar-refractivity contribution in [2.75, 3.05) is 38.1 Å². The standard InChI is InChI=1S/C13H21N5O3/c1-2-5-14-13-15-10-11(18(19)20)12(16-13)21-9-8-17-6-3-4-7-17/h10H,2-9H2,1H3,(H,14,15,16). The minimum absolute atomic E-state index is 0.0350. The van der Waals surface area contributed by atoms with E-state index in [-0.39, 0.29) is 11.6 Å². The highest BCUT2D eigenvalue weighted by Crippen LogP contribution is 2.24. The lowest BCUT2D eigenvalue weighted by Gasteiger charge is -2.14. The van der Waals surface area contributed by atoms with Gasteiger partial charge < -0.3 is 10.1 Å². The first-order valence-electron chi connectivity index (χ1n) is 7.31. The predicted octanol–water partition coefficient (Wildman–Crippen LogP) is 1.68. The predicted molar refractivity (Wildman–Crippen MR) is 78.6 cm³/mol. The van der Waals surface area contributed by atoms with E-state index in [9.17, 15) is 10.1 Å². The SMILES string of the molecule is CCCNc1ncc([N+](=O)[O-])c(OCCN2CCCC2)n1. The Morgan fingerprint density at radius 3 is 2.90 bits per heavy atom. The average Bonchev–Trinajstić information content (AvgIpc) is 2.98. The van der Waals surface area contributed by atoms with Crippen molar-refractivity contribution in [2.45, 2.75) is 26.2 Å². The minimum Gasteiger partial charge on any atom is -0.471 e. The molecule has 8 nitrogen and oxygen atoms in total. The third-order valence-corrected chi connectivity index (χ3v) is 3.31. The molecular weight excluding hydrogens is 274 g/mol. The van der Waals surface area contributed by atoms with Crippen molar-refractivity contribution in [1.29, 1.82) is 0 Å². The van der Waals surface area contributed by atoms with E-state index in [1.165, 1.54) is 19.0 Å². The van der Waals surface area contributed by atoms with Gasteiger partial charge in [0.25, 0.3) is 5.88 Å². The van der Waals surface area contributed by atoms with Crippen LogP contribution in [-0.4, -0.2) is 52.6 Å². The maximum absolute atomic E-state index is 11.0. The summed E-state index contributed by atoms with van der Waals surface area (Å²) in [5.41, 5.74) is -0.196. The first-order chi connectivity index (χ1) is 10.2. The van der Waals surface area contributed by atoms with Crippen molar-refractivity contribution >= 4 is 11.6 Å². The number of anilines is 1. The molecule has 1 aromatic heterocycles. The van der Waals surface area contributed by atoms with Crippen LogP contribution in [0.1, 0.15) is 26.2 Å². The molecule has 1 aliphatic heterocycles. The Morgan fingerprint density at radius 2 is 2.24 bits per heavy atom. The van der Waals surface area contributed by atoms with Gasteiger partial charge in [0.15, 0.2) is 0 Å². The monoisotopic (exact) mass is 295 g/mol. The third-order valence-electron chi connectivity index (χ3n) is 3.31. The van der Waals surface area contributed by atoms with Gasteiger partial charge in [0, 0.05) is 13.1 Å². The summed E-state index contributed by atoms with van der Waals surface area (Å²) in [5, 5.41) is 14.0. The van der Waals surface area contributed by atoms with Gasteiger partial charge in [-0.3, -0.25) is 15.0 Å². The zero-order valence-corrected chi connectivity index (χ0v) is 12.2. The number of nitrogens with zero attached hydrogens (tertiary/aromatic N) is 4. The molecule has 0 radical (unpaired) electrons. The molecule has 0 atom stereocenters. The van der Waals surface area contributed by atoms with E-state index in [4.69, 9.17) is 4.74 Å². The van der Waals surface area contributed by atoms with Crippen LogP contribution in [0, 0.1) is 10.1 Å². The van der Waals surface area contributed by atoms with Crippen molar-refractivity contribution in [3.05, 3.63) is 16.3 Å². The highest BCUT2D eigenvalue weighted by molar-refractivity contribution is 5.43. The lowest BCUT2D eigenvalue weighted by atomic mass is 10.4. The van der Waals surface area contributed by atoms with Crippen LogP contribution in [0.4, 0.5) is 11.6 Å². The van der Waals surface area contributed by atoms with Gasteiger partial charge in [-0.25, -0.2) is 4.98 Å². The van der Waals surface area contributed by atoms with E-state index in [2.05, 4.69) is 20.2 Å². The Hall–Kier alpha value is -1.96. The highest BCUT2D eigenvalue weighted by atomic mass is 16.6. The minimum atomic E-state index is -0.519. The van der Waals surface area contributed by atoms with Crippen molar-refractivity contribution in [1.82, 2.24) is 14.9 Å². The Morgan fingerprint density at radius 1 is 1.48 bits per heavy atom. The number of likely N-dealkylation sites (tertiary alicyclic amines) is 1. The van der Waals surface area contributed by atoms with Gasteiger partial charge in [-0.1, -0.05) is 6.92 Å². The van der Waals surface area contributed by atoms with E-state index in [0.717, 1.165) is 26.1 Å². The first-order valence-corrected chi connectivity index (χ1v) is 7.31. The molecule has 0 unspecified atom stereocenters. The summed E-state index contributed by atoms with van der Waals surface area (Å²) in [4.78, 5) is 20.8. The van der Waals surface area contributed by atoms with Gasteiger partial charge in [0.05, 0.1) is 4.92 Å². The summed E-state index contributed by atoms with van der Waals surface area (Å²) >= 11 is 0. The molecule has 2 rings (SSSR count). The summed E-state index contributed by atoms with van der Waals surface area (Å²) < 4.78 is 5.51. The smallest absolute Gasteiger partial charge is 0.349 e. The average molecular weight is 295 g/mol. The molecule has 1 aliphatic rings. The zero-order chi connectivity index (χ0) is 15.1. The molecule has 1 fully saturated rings. The molecule has 1 N–H and O–H groups in total. The van der Waals surface area contributed by atoms with Crippen molar-refractivity contribution in [2.24, 2.45) is 0 Å². The van der Waals surface area contributed by atoms with E-state index >= 15 is 0 Å². The van der Waals surface area contributed by atoms with E-state index in [1.54, 1.807) is 0 Å². The normalized spacial score (nSPS) is 15.1. The summed E-state index contributed by atoms with van der Waals surface area (Å²) in [6.45, 7) is 6.03. The fraction of sp³-hybridized carbons (Fsp3) is 0.692. The second-order valence-electron chi connectivity index (χ2n) is 4.97. The van der Waals surface area contributed by atoms with Crippen molar-refractivity contribution < 1.29 is 9.66 Å². The first kappa shape index (κ1) is 15.4. The van der Waals surface area contributed by atoms with Gasteiger partial charge in [0.2, 0.25) is 5.95 Å². The molecule has 0 aromatic carbocycles. The highest BCUT2D eigenvalue weighted by Gasteiger charge is 2.19. The van der Waals surface area contributed by atoms with E-state index in [0.29, 0.717) is 19.1 Å². The van der Waals surface area contributed by atoms with Gasteiger partial charge in [-0.15, -0.1) is 0 Å². The molecule has 21 heavy (non-hydrogen) atoms. The number of rotatable bonds is 8. The van der Waals surface area contributed by atoms with Crippen LogP contribution in [0.5, 0.6) is 5.88 Å². The quantitative estimate of drug-likeness (QED) is 0.576. The molecule has 0 spiro atoms. The second kappa shape index (κ2) is 7.72. The van der Waals surface area contributed by atoms with E-state index in [1.807, 2.05) is 6.92 Å². The number of nitrogens with one attached hydrogen (secondary N) is 1. The number of hydrogen-bond donors (Lipinski definition) is 1. The number of hydrogen-bond acceptors (Lipinski definition) is 7. The van der Waals surface area contributed by atoms with Crippen LogP contribution in [0.2, 0.25) is 0 Å². The third kappa shape index (κ3) is 4.52. The molecule has 0 saturated carbocycles. The summed E-state index contributed by atoms with van der Waals surface area (Å²) in [5.74, 6) is 0.395. The maximum Gasteiger partial charge on any atom is 0.349 e. The molecular formula is C13H21N5O3. The van der Waals surface area contributed by atoms with Gasteiger partial charge in [-0.05, 0) is 32.4 Å². The number of nitro groups is 1. The zero-order valence-electron chi connectivity index (χ0n) is 12.2. The van der Waals surface area contributed by atoms with Gasteiger partial charge >= 0.3 is 5.69 Å². The Kier molecular flexibility index (Phi) is 5.68. The van der Waals surface area contributed by atoms with Gasteiger partial charge in [-0.2, -0.15) is 4.98 Å². The largest absolute Gasteiger partial charge is 0.471 e. The lowest BCUT2D eigenvalue weighted by Crippen LogP contribution is -2.25. The summed E-state index contributed by atoms with van der Waals surface area (Å²) in [7, 11) is 0. The second-order valence-corrected chi connectivity index (χ2v) is 4.97. The molecule has 0 aliphatic carbocycles. The number of ether oxygens (including phenoxy) is 1. The molecule has 8 heteroatoms. The molecule has 2 heterocycles. The van der Waals surface area contributed by atoms with Crippen LogP contribution in [0.15, 0.2) is 6.20 Å². The van der Waals surface area contributed by atoms with Crippen LogP contribution in [0.25, 0.3) is 0 Å². The number of aromatic nitrogens is 2. The Bertz CT molecular complexity index is 477. The topological polar surface area (TPSA) is 93.4 Å². The maximum atomic E-state index is 11.0. The van der Waals surface area contributed by atoms with Crippen LogP contribution < -0.4 is 10.1 Å². The van der Waals surface area contributed by atoms with Crippen LogP contribution in [-0.2, 0) is 0 Å². The van der Waals surface area contributed by atoms with E-state index < -0.39 is 4.92 Å².